The molecule has 7 heteroatoms. The molecule has 2 N–H and O–H groups in total. The van der Waals surface area contributed by atoms with Crippen molar-refractivity contribution in [2.24, 2.45) is 0 Å². The number of rotatable bonds is 3. The first-order valence-electron chi connectivity index (χ1n) is 9.24. The lowest BCUT2D eigenvalue weighted by atomic mass is 10.0. The lowest BCUT2D eigenvalue weighted by molar-refractivity contribution is 0.0846. The van der Waals surface area contributed by atoms with Crippen molar-refractivity contribution >= 4 is 22.8 Å². The summed E-state index contributed by atoms with van der Waals surface area (Å²) in [5.41, 5.74) is 6.25. The first-order chi connectivity index (χ1) is 14.5. The summed E-state index contributed by atoms with van der Waals surface area (Å²) in [4.78, 5) is 37.8. The summed E-state index contributed by atoms with van der Waals surface area (Å²) < 4.78 is 11.1. The average molecular weight is 402 g/mol. The highest BCUT2D eigenvalue weighted by Crippen LogP contribution is 2.27. The van der Waals surface area contributed by atoms with Crippen molar-refractivity contribution in [1.29, 1.82) is 0 Å². The lowest BCUT2D eigenvalue weighted by Crippen LogP contribution is -2.41. The SMILES string of the molecule is Cc1occc1C(=O)NNC(=O)c1cccc2c(=O)c(C)c(-c3ccccc3)oc12. The summed E-state index contributed by atoms with van der Waals surface area (Å²) in [5, 5.41) is 0.289. The molecule has 0 radical (unpaired) electrons. The standard InChI is InChI=1S/C23H18N2O5/c1-13-19(26)17-9-6-10-18(21(17)30-20(13)15-7-4-3-5-8-15)23(28)25-24-22(27)16-11-12-29-14(16)2/h3-12H,1-2H3,(H,24,27)(H,25,28). The number of aryl methyl sites for hydroxylation is 1. The zero-order valence-corrected chi connectivity index (χ0v) is 16.3. The lowest BCUT2D eigenvalue weighted by Gasteiger charge is -2.11. The molecule has 0 fully saturated rings. The second-order valence-electron chi connectivity index (χ2n) is 6.73. The molecule has 0 atom stereocenters. The zero-order valence-electron chi connectivity index (χ0n) is 16.3. The van der Waals surface area contributed by atoms with Gasteiger partial charge in [-0.3, -0.25) is 25.2 Å². The average Bonchev–Trinajstić information content (AvgIpc) is 3.20. The minimum absolute atomic E-state index is 0.131. The van der Waals surface area contributed by atoms with Gasteiger partial charge in [-0.1, -0.05) is 36.4 Å². The maximum Gasteiger partial charge on any atom is 0.273 e. The topological polar surface area (TPSA) is 102 Å². The zero-order chi connectivity index (χ0) is 21.3. The highest BCUT2D eigenvalue weighted by Gasteiger charge is 2.19. The molecule has 150 valence electrons. The van der Waals surface area contributed by atoms with Gasteiger partial charge in [-0.05, 0) is 32.0 Å². The van der Waals surface area contributed by atoms with Crippen LogP contribution in [0.25, 0.3) is 22.3 Å². The van der Waals surface area contributed by atoms with Gasteiger partial charge in [-0.25, -0.2) is 0 Å². The number of furan rings is 1. The molecule has 2 aromatic heterocycles. The number of hydrogen-bond acceptors (Lipinski definition) is 5. The van der Waals surface area contributed by atoms with Crippen molar-refractivity contribution in [3.8, 4) is 11.3 Å². The smallest absolute Gasteiger partial charge is 0.273 e. The number of carbonyl (C=O) groups is 2. The molecule has 7 nitrogen and oxygen atoms in total. The molecule has 0 aliphatic heterocycles. The van der Waals surface area contributed by atoms with Crippen molar-refractivity contribution in [1.82, 2.24) is 10.9 Å². The van der Waals surface area contributed by atoms with E-state index >= 15 is 0 Å². The third kappa shape index (κ3) is 3.37. The van der Waals surface area contributed by atoms with Gasteiger partial charge in [0.05, 0.1) is 22.8 Å². The number of benzene rings is 2. The van der Waals surface area contributed by atoms with E-state index in [2.05, 4.69) is 10.9 Å². The van der Waals surface area contributed by atoms with Crippen LogP contribution >= 0.6 is 0 Å². The number of nitrogens with one attached hydrogen (secondary N) is 2. The normalized spacial score (nSPS) is 10.7. The van der Waals surface area contributed by atoms with Crippen molar-refractivity contribution in [3.63, 3.8) is 0 Å². The number of hydrogen-bond donors (Lipinski definition) is 2. The van der Waals surface area contributed by atoms with Crippen molar-refractivity contribution in [3.05, 3.63) is 93.5 Å². The van der Waals surface area contributed by atoms with E-state index in [1.165, 1.54) is 18.4 Å². The second-order valence-corrected chi connectivity index (χ2v) is 6.73. The van der Waals surface area contributed by atoms with E-state index in [0.717, 1.165) is 5.56 Å². The van der Waals surface area contributed by atoms with E-state index in [-0.39, 0.29) is 22.0 Å². The maximum absolute atomic E-state index is 12.9. The molecule has 0 aliphatic carbocycles. The summed E-state index contributed by atoms with van der Waals surface area (Å²) >= 11 is 0. The predicted molar refractivity (Wildman–Crippen MR) is 111 cm³/mol. The van der Waals surface area contributed by atoms with Crippen LogP contribution in [0.2, 0.25) is 0 Å². The molecule has 2 aromatic carbocycles. The first kappa shape index (κ1) is 19.2. The Morgan fingerprint density at radius 2 is 1.53 bits per heavy atom. The Kier molecular flexibility index (Phi) is 4.93. The van der Waals surface area contributed by atoms with E-state index in [4.69, 9.17) is 8.83 Å². The number of carbonyl (C=O) groups excluding carboxylic acids is 2. The third-order valence-electron chi connectivity index (χ3n) is 4.82. The van der Waals surface area contributed by atoms with Crippen LogP contribution in [0.3, 0.4) is 0 Å². The minimum atomic E-state index is -0.610. The Hall–Kier alpha value is -4.13. The molecule has 0 unspecified atom stereocenters. The second kappa shape index (κ2) is 7.71. The summed E-state index contributed by atoms with van der Waals surface area (Å²) in [6.07, 6.45) is 1.39. The van der Waals surface area contributed by atoms with Crippen LogP contribution in [0.4, 0.5) is 0 Å². The highest BCUT2D eigenvalue weighted by atomic mass is 16.3. The Balaban J connectivity index is 1.71. The van der Waals surface area contributed by atoms with E-state index in [0.29, 0.717) is 22.6 Å². The number of para-hydroxylation sites is 1. The Morgan fingerprint density at radius 1 is 0.833 bits per heavy atom. The number of hydrazine groups is 1. The monoisotopic (exact) mass is 402 g/mol. The molecule has 0 saturated carbocycles. The minimum Gasteiger partial charge on any atom is -0.469 e. The summed E-state index contributed by atoms with van der Waals surface area (Å²) in [6.45, 7) is 3.33. The fourth-order valence-corrected chi connectivity index (χ4v) is 3.22. The van der Waals surface area contributed by atoms with Gasteiger partial charge in [0.1, 0.15) is 11.5 Å². The summed E-state index contributed by atoms with van der Waals surface area (Å²) in [5.74, 6) is -0.300. The predicted octanol–water partition coefficient (Wildman–Crippen LogP) is 3.74. The first-order valence-corrected chi connectivity index (χ1v) is 9.24. The molecule has 0 spiro atoms. The fraction of sp³-hybridized carbons (Fsp3) is 0.0870. The Bertz CT molecular complexity index is 1320. The summed E-state index contributed by atoms with van der Waals surface area (Å²) in [6, 6.07) is 15.4. The van der Waals surface area contributed by atoms with E-state index in [1.54, 1.807) is 26.0 Å². The molecule has 0 bridgehead atoms. The molecule has 2 amide bonds. The van der Waals surface area contributed by atoms with Crippen molar-refractivity contribution in [2.75, 3.05) is 0 Å². The largest absolute Gasteiger partial charge is 0.469 e. The van der Waals surface area contributed by atoms with Crippen LogP contribution < -0.4 is 16.3 Å². The van der Waals surface area contributed by atoms with Crippen molar-refractivity contribution < 1.29 is 18.4 Å². The molecule has 2 heterocycles. The van der Waals surface area contributed by atoms with Gasteiger partial charge in [-0.15, -0.1) is 0 Å². The molecule has 4 rings (SSSR count). The maximum atomic E-state index is 12.9. The Morgan fingerprint density at radius 3 is 2.20 bits per heavy atom. The van der Waals surface area contributed by atoms with E-state index in [1.807, 2.05) is 30.3 Å². The molecular weight excluding hydrogens is 384 g/mol. The van der Waals surface area contributed by atoms with Crippen LogP contribution in [0.5, 0.6) is 0 Å². The van der Waals surface area contributed by atoms with E-state index < -0.39 is 11.8 Å². The molecule has 30 heavy (non-hydrogen) atoms. The number of amides is 2. The van der Waals surface area contributed by atoms with Crippen LogP contribution in [-0.4, -0.2) is 11.8 Å². The van der Waals surface area contributed by atoms with Gasteiger partial charge in [0, 0.05) is 11.1 Å². The third-order valence-corrected chi connectivity index (χ3v) is 4.82. The Labute approximate surface area is 171 Å². The van der Waals surface area contributed by atoms with Gasteiger partial charge in [0.25, 0.3) is 11.8 Å². The fourth-order valence-electron chi connectivity index (χ4n) is 3.22. The van der Waals surface area contributed by atoms with Crippen LogP contribution in [0.15, 0.2) is 74.5 Å². The summed E-state index contributed by atoms with van der Waals surface area (Å²) in [7, 11) is 0. The molecule has 4 aromatic rings. The van der Waals surface area contributed by atoms with Crippen LogP contribution in [-0.2, 0) is 0 Å². The molecule has 0 aliphatic rings. The van der Waals surface area contributed by atoms with Gasteiger partial charge < -0.3 is 8.83 Å². The molecular formula is C23H18N2O5. The van der Waals surface area contributed by atoms with E-state index in [9.17, 15) is 14.4 Å². The van der Waals surface area contributed by atoms with Crippen LogP contribution in [0.1, 0.15) is 32.0 Å². The highest BCUT2D eigenvalue weighted by molar-refractivity contribution is 6.06. The van der Waals surface area contributed by atoms with Crippen LogP contribution in [0, 0.1) is 13.8 Å². The number of fused-ring (bicyclic) bond motifs is 1. The van der Waals surface area contributed by atoms with Gasteiger partial charge in [0.2, 0.25) is 0 Å². The van der Waals surface area contributed by atoms with Gasteiger partial charge in [0.15, 0.2) is 11.0 Å². The van der Waals surface area contributed by atoms with Crippen molar-refractivity contribution in [2.45, 2.75) is 13.8 Å². The quantitative estimate of drug-likeness (QED) is 0.508. The van der Waals surface area contributed by atoms with Gasteiger partial charge in [-0.2, -0.15) is 0 Å². The molecule has 0 saturated heterocycles. The van der Waals surface area contributed by atoms with Gasteiger partial charge >= 0.3 is 0 Å².